The predicted molar refractivity (Wildman–Crippen MR) is 76.3 cm³/mol. The molecule has 0 aliphatic heterocycles. The molecule has 6 heteroatoms. The summed E-state index contributed by atoms with van der Waals surface area (Å²) in [4.78, 5) is 14.1. The summed E-state index contributed by atoms with van der Waals surface area (Å²) in [6.45, 7) is 8.02. The fourth-order valence-electron chi connectivity index (χ4n) is 1.72. The molecule has 0 fully saturated rings. The average Bonchev–Trinajstić information content (AvgIpc) is 2.47. The number of hydrogen-bond donors (Lipinski definition) is 2. The summed E-state index contributed by atoms with van der Waals surface area (Å²) in [6, 6.07) is 3.40. The van der Waals surface area contributed by atoms with E-state index in [4.69, 9.17) is 0 Å². The SMILES string of the molecule is CCN(CC)CCCNC(=O)c1ccc(NC)nn1. The molecule has 0 atom stereocenters. The van der Waals surface area contributed by atoms with Gasteiger partial charge in [-0.25, -0.2) is 0 Å². The summed E-state index contributed by atoms with van der Waals surface area (Å²) in [6.07, 6.45) is 0.940. The second-order valence-corrected chi connectivity index (χ2v) is 4.19. The van der Waals surface area contributed by atoms with E-state index >= 15 is 0 Å². The van der Waals surface area contributed by atoms with Gasteiger partial charge in [-0.15, -0.1) is 10.2 Å². The van der Waals surface area contributed by atoms with Crippen LogP contribution < -0.4 is 10.6 Å². The van der Waals surface area contributed by atoms with E-state index in [1.807, 2.05) is 0 Å². The summed E-state index contributed by atoms with van der Waals surface area (Å²) < 4.78 is 0. The molecule has 1 heterocycles. The number of carbonyl (C=O) groups is 1. The van der Waals surface area contributed by atoms with Crippen LogP contribution in [0.2, 0.25) is 0 Å². The molecule has 2 N–H and O–H groups in total. The highest BCUT2D eigenvalue weighted by Gasteiger charge is 2.07. The third-order valence-corrected chi connectivity index (χ3v) is 2.98. The highest BCUT2D eigenvalue weighted by molar-refractivity contribution is 5.92. The lowest BCUT2D eigenvalue weighted by Crippen LogP contribution is -2.30. The largest absolute Gasteiger partial charge is 0.372 e. The molecular formula is C13H23N5O. The van der Waals surface area contributed by atoms with Gasteiger partial charge in [-0.1, -0.05) is 13.8 Å². The third kappa shape index (κ3) is 5.21. The number of aromatic nitrogens is 2. The van der Waals surface area contributed by atoms with Gasteiger partial charge in [0.1, 0.15) is 5.82 Å². The van der Waals surface area contributed by atoms with Gasteiger partial charge in [0.05, 0.1) is 0 Å². The van der Waals surface area contributed by atoms with Gasteiger partial charge in [0, 0.05) is 13.6 Å². The van der Waals surface area contributed by atoms with E-state index < -0.39 is 0 Å². The normalized spacial score (nSPS) is 10.5. The number of amides is 1. The maximum atomic E-state index is 11.8. The average molecular weight is 265 g/mol. The maximum absolute atomic E-state index is 11.8. The van der Waals surface area contributed by atoms with Gasteiger partial charge < -0.3 is 15.5 Å². The Bertz CT molecular complexity index is 375. The van der Waals surface area contributed by atoms with Crippen LogP contribution in [0, 0.1) is 0 Å². The lowest BCUT2D eigenvalue weighted by Gasteiger charge is -2.17. The highest BCUT2D eigenvalue weighted by Crippen LogP contribution is 2.00. The summed E-state index contributed by atoms with van der Waals surface area (Å²) in [5.74, 6) is 0.479. The minimum absolute atomic E-state index is 0.172. The number of hydrogen-bond acceptors (Lipinski definition) is 5. The standard InChI is InChI=1S/C13H23N5O/c1-4-18(5-2)10-6-9-15-13(19)11-7-8-12(14-3)17-16-11/h7-8H,4-6,9-10H2,1-3H3,(H,14,17)(H,15,19). The molecule has 0 bridgehead atoms. The zero-order valence-electron chi connectivity index (χ0n) is 11.9. The molecule has 0 aliphatic rings. The van der Waals surface area contributed by atoms with Crippen LogP contribution in [-0.4, -0.2) is 54.2 Å². The molecule has 6 nitrogen and oxygen atoms in total. The summed E-state index contributed by atoms with van der Waals surface area (Å²) in [5.41, 5.74) is 0.349. The molecule has 19 heavy (non-hydrogen) atoms. The second kappa shape index (κ2) is 8.42. The topological polar surface area (TPSA) is 70.2 Å². The van der Waals surface area contributed by atoms with Gasteiger partial charge in [0.25, 0.3) is 5.91 Å². The van der Waals surface area contributed by atoms with Crippen LogP contribution in [0.3, 0.4) is 0 Å². The van der Waals surface area contributed by atoms with Crippen LogP contribution in [0.4, 0.5) is 5.82 Å². The van der Waals surface area contributed by atoms with Crippen LogP contribution in [0.15, 0.2) is 12.1 Å². The number of anilines is 1. The Morgan fingerprint density at radius 3 is 2.53 bits per heavy atom. The molecule has 0 aliphatic carbocycles. The summed E-state index contributed by atoms with van der Waals surface area (Å²) in [7, 11) is 1.76. The molecular weight excluding hydrogens is 242 g/mol. The van der Waals surface area contributed by atoms with Crippen molar-refractivity contribution >= 4 is 11.7 Å². The molecule has 0 saturated heterocycles. The van der Waals surface area contributed by atoms with Crippen molar-refractivity contribution < 1.29 is 4.79 Å². The van der Waals surface area contributed by atoms with Gasteiger partial charge in [-0.2, -0.15) is 0 Å². The highest BCUT2D eigenvalue weighted by atomic mass is 16.1. The zero-order chi connectivity index (χ0) is 14.1. The minimum atomic E-state index is -0.172. The first-order valence-electron chi connectivity index (χ1n) is 6.73. The third-order valence-electron chi connectivity index (χ3n) is 2.98. The molecule has 1 aromatic heterocycles. The number of nitrogens with zero attached hydrogens (tertiary/aromatic N) is 3. The Morgan fingerprint density at radius 2 is 2.00 bits per heavy atom. The van der Waals surface area contributed by atoms with Gasteiger partial charge in [-0.3, -0.25) is 4.79 Å². The predicted octanol–water partition coefficient (Wildman–Crippen LogP) is 0.980. The van der Waals surface area contributed by atoms with Crippen LogP contribution in [0.25, 0.3) is 0 Å². The van der Waals surface area contributed by atoms with Crippen molar-refractivity contribution in [3.05, 3.63) is 17.8 Å². The summed E-state index contributed by atoms with van der Waals surface area (Å²) in [5, 5.41) is 13.4. The van der Waals surface area contributed by atoms with Crippen molar-refractivity contribution in [2.24, 2.45) is 0 Å². The van der Waals surface area contributed by atoms with Crippen molar-refractivity contribution in [3.63, 3.8) is 0 Å². The molecule has 0 aromatic carbocycles. The van der Waals surface area contributed by atoms with Crippen LogP contribution in [0.5, 0.6) is 0 Å². The Labute approximate surface area is 114 Å². The first-order chi connectivity index (χ1) is 9.21. The Morgan fingerprint density at radius 1 is 1.26 bits per heavy atom. The monoisotopic (exact) mass is 265 g/mol. The van der Waals surface area contributed by atoms with Crippen molar-refractivity contribution in [1.82, 2.24) is 20.4 Å². The van der Waals surface area contributed by atoms with Crippen LogP contribution >= 0.6 is 0 Å². The fourth-order valence-corrected chi connectivity index (χ4v) is 1.72. The van der Waals surface area contributed by atoms with E-state index in [0.29, 0.717) is 18.1 Å². The maximum Gasteiger partial charge on any atom is 0.271 e. The molecule has 1 amide bonds. The van der Waals surface area contributed by atoms with Crippen molar-refractivity contribution in [3.8, 4) is 0 Å². The van der Waals surface area contributed by atoms with E-state index in [9.17, 15) is 4.79 Å². The first-order valence-corrected chi connectivity index (χ1v) is 6.73. The Balaban J connectivity index is 2.30. The second-order valence-electron chi connectivity index (χ2n) is 4.19. The molecule has 106 valence electrons. The van der Waals surface area contributed by atoms with Gasteiger partial charge in [0.15, 0.2) is 5.69 Å². The van der Waals surface area contributed by atoms with Crippen molar-refractivity contribution in [2.45, 2.75) is 20.3 Å². The molecule has 0 unspecified atom stereocenters. The Kier molecular flexibility index (Phi) is 6.81. The van der Waals surface area contributed by atoms with E-state index in [-0.39, 0.29) is 5.91 Å². The van der Waals surface area contributed by atoms with Crippen molar-refractivity contribution in [2.75, 3.05) is 38.5 Å². The fraction of sp³-hybridized carbons (Fsp3) is 0.615. The van der Waals surface area contributed by atoms with E-state index in [1.54, 1.807) is 19.2 Å². The van der Waals surface area contributed by atoms with E-state index in [2.05, 4.69) is 39.6 Å². The molecule has 0 saturated carbocycles. The Hall–Kier alpha value is -1.69. The summed E-state index contributed by atoms with van der Waals surface area (Å²) >= 11 is 0. The van der Waals surface area contributed by atoms with Gasteiger partial charge in [-0.05, 0) is 38.2 Å². The van der Waals surface area contributed by atoms with Crippen LogP contribution in [0.1, 0.15) is 30.8 Å². The van der Waals surface area contributed by atoms with E-state index in [1.165, 1.54) is 0 Å². The lowest BCUT2D eigenvalue weighted by atomic mass is 10.3. The molecule has 0 radical (unpaired) electrons. The van der Waals surface area contributed by atoms with Crippen LogP contribution in [-0.2, 0) is 0 Å². The van der Waals surface area contributed by atoms with Gasteiger partial charge in [0.2, 0.25) is 0 Å². The number of carbonyl (C=O) groups excluding carboxylic acids is 1. The van der Waals surface area contributed by atoms with Crippen molar-refractivity contribution in [1.29, 1.82) is 0 Å². The smallest absolute Gasteiger partial charge is 0.271 e. The molecule has 1 aromatic rings. The van der Waals surface area contributed by atoms with Gasteiger partial charge >= 0.3 is 0 Å². The van der Waals surface area contributed by atoms with E-state index in [0.717, 1.165) is 26.1 Å². The minimum Gasteiger partial charge on any atom is -0.372 e. The molecule has 1 rings (SSSR count). The first kappa shape index (κ1) is 15.4. The lowest BCUT2D eigenvalue weighted by molar-refractivity contribution is 0.0946. The molecule has 0 spiro atoms. The zero-order valence-corrected chi connectivity index (χ0v) is 11.9. The number of nitrogens with one attached hydrogen (secondary N) is 2. The number of rotatable bonds is 8. The quantitative estimate of drug-likeness (QED) is 0.686.